The number of likely N-dealkylation sites (N-methyl/N-ethyl adjacent to an activating group) is 4. The van der Waals surface area contributed by atoms with E-state index >= 15 is 0 Å². The maximum Gasteiger partial charge on any atom is 0.356 e. The van der Waals surface area contributed by atoms with Crippen molar-refractivity contribution in [1.82, 2.24) is 25.8 Å². The third kappa shape index (κ3) is 70.9. The number of nitrogens with two attached hydrogens (primary N) is 6. The highest BCUT2D eigenvalue weighted by Gasteiger charge is 2.46. The summed E-state index contributed by atoms with van der Waals surface area (Å²) in [6.07, 6.45) is 8.72. The summed E-state index contributed by atoms with van der Waals surface area (Å²) in [7, 11) is 15.7. The number of rotatable bonds is 19. The highest BCUT2D eigenvalue weighted by atomic mass is 35.5. The average Bonchev–Trinajstić information content (AvgIpc) is 1.71. The monoisotopic (exact) mass is 1360 g/mol. The Morgan fingerprint density at radius 2 is 0.967 bits per heavy atom. The van der Waals surface area contributed by atoms with Crippen LogP contribution in [-0.2, 0) is 57.5 Å². The van der Waals surface area contributed by atoms with Crippen LogP contribution in [0.2, 0.25) is 0 Å². The number of nitrogens with one attached hydrogen (secondary N) is 3. The van der Waals surface area contributed by atoms with E-state index in [0.717, 1.165) is 64.7 Å². The van der Waals surface area contributed by atoms with Crippen molar-refractivity contribution in [2.45, 2.75) is 153 Å². The summed E-state index contributed by atoms with van der Waals surface area (Å²) in [6.45, 7) is 13.4. The molecule has 36 nitrogen and oxygen atoms in total. The zero-order valence-electron chi connectivity index (χ0n) is 55.9. The standard InChI is InChI=1S/C7H13NO2.2C6H11NO2.C6H13NO2.2C5H11NO2.C4H7NO2.2C4H9NO2.2C3H7NO2.C2H5NO2.ClH/c1-8-4-2-6(3-5-8)7(9)10;8-6(9)5-1-3-7-4-2-5;7-6(5(8)9)3-1-2-4-6;1-3-6(7,4-2)5(8)9;1-6(2,3)4-5(7)8;1-5(2,6-3)4(7)8;5-4(1-2-4)3(6)7;1-5(2)3-4(6)7;1-4(2,5)3(6)7;1-4-2-3(5)6;4-2-1-3(5)6;3-1-2(4)5;/h6H,2-5H2,1H3,(H,9,10);5,7H,1-4H2,(H,8,9);1-4,7H2,(H,8,9);3-4,7H2,1-2H3,(H,8,9);1,4H2,2-3H3,(H,7,8);6H,1-3H3,(H,7,8);1-2,5H2,(H,6,7);3H2,1-2H3,(H,6,7);5H2,1-2H3,(H,6,7);4H,2H2,1H3,(H,5,6);1-2,4H2,(H,5,6);1,3H2,(H,4,5);1H. The van der Waals surface area contributed by atoms with Crippen LogP contribution in [0.25, 0.3) is 0 Å². The second-order valence-electron chi connectivity index (χ2n) is 22.9. The zero-order valence-corrected chi connectivity index (χ0v) is 56.7. The molecule has 4 fully saturated rings. The summed E-state index contributed by atoms with van der Waals surface area (Å²) < 4.78 is 0.231. The molecule has 2 aliphatic carbocycles. The molecule has 0 unspecified atom stereocenters. The van der Waals surface area contributed by atoms with E-state index in [9.17, 15) is 57.5 Å². The van der Waals surface area contributed by atoms with Gasteiger partial charge in [-0.15, -0.1) is 19.5 Å². The molecule has 0 aromatic heterocycles. The fraction of sp³-hybridized carbons (Fsp3) is 0.764. The van der Waals surface area contributed by atoms with Gasteiger partial charge in [0.05, 0.1) is 37.9 Å². The van der Waals surface area contributed by atoms with E-state index < -0.39 is 99.3 Å². The van der Waals surface area contributed by atoms with Gasteiger partial charge in [0, 0.05) is 20.6 Å². The number of quaternary nitrogens is 1. The lowest BCUT2D eigenvalue weighted by molar-refractivity contribution is -0.837. The molecule has 0 spiro atoms. The summed E-state index contributed by atoms with van der Waals surface area (Å²) >= 11 is 0. The van der Waals surface area contributed by atoms with Gasteiger partial charge in [-0.2, -0.15) is 0 Å². The number of aliphatic carboxylic acids is 12. The first-order valence-electron chi connectivity index (χ1n) is 28.5. The Hall–Kier alpha value is -6.55. The second kappa shape index (κ2) is 56.0. The second-order valence-corrected chi connectivity index (χ2v) is 22.9. The molecule has 2 saturated carbocycles. The minimum atomic E-state index is -1.08. The van der Waals surface area contributed by atoms with Gasteiger partial charge in [-0.05, 0) is 153 Å². The number of piperidine rings is 2. The lowest BCUT2D eigenvalue weighted by Crippen LogP contribution is -2.46. The van der Waals surface area contributed by atoms with Crippen molar-refractivity contribution in [3.8, 4) is 0 Å². The van der Waals surface area contributed by atoms with Gasteiger partial charge in [0.15, 0.2) is 6.54 Å². The van der Waals surface area contributed by atoms with Crippen LogP contribution in [0.15, 0.2) is 0 Å². The molecule has 0 amide bonds. The molecule has 2 aliphatic heterocycles. The van der Waals surface area contributed by atoms with Gasteiger partial charge in [-0.1, -0.05) is 26.7 Å². The molecule has 2 saturated heterocycles. The summed E-state index contributed by atoms with van der Waals surface area (Å²) in [5, 5.41) is 107. The van der Waals surface area contributed by atoms with E-state index in [2.05, 4.69) is 33.6 Å². The van der Waals surface area contributed by atoms with Crippen LogP contribution in [0.5, 0.6) is 0 Å². The Kier molecular flexibility index (Phi) is 63.5. The van der Waals surface area contributed by atoms with Crippen molar-refractivity contribution >= 4 is 84.0 Å². The Bertz CT molecular complexity index is 2060. The Morgan fingerprint density at radius 1 is 0.609 bits per heavy atom. The molecular formula is C55H115ClN12O24. The zero-order chi connectivity index (χ0) is 73.9. The number of carboxylic acids is 12. The number of likely N-dealkylation sites (tertiary alicyclic amines) is 1. The summed E-state index contributed by atoms with van der Waals surface area (Å²) in [5.41, 5.74) is 26.0. The molecule has 92 heavy (non-hydrogen) atoms. The predicted molar refractivity (Wildman–Crippen MR) is 343 cm³/mol. The topological polar surface area (TPSA) is 646 Å². The molecule has 4 rings (SSSR count). The summed E-state index contributed by atoms with van der Waals surface area (Å²) in [6, 6.07) is 0. The molecule has 0 bridgehead atoms. The normalized spacial score (nSPS) is 15.0. The van der Waals surface area contributed by atoms with Gasteiger partial charge < -0.3 is 121 Å². The largest absolute Gasteiger partial charge is 0.481 e. The van der Waals surface area contributed by atoms with Gasteiger partial charge in [0.1, 0.15) is 27.7 Å². The maximum atomic E-state index is 10.4. The molecule has 0 aromatic rings. The SMILES string of the molecule is CC(C)(N)C(=O)O.CCC(N)(CC)C(=O)O.CN(C)CC(=O)O.CN1CCC(C(=O)O)CC1.CNC(C)(C)C(=O)O.CNCC(=O)O.Cl.NC1(C(=O)O)CC1.NC1(C(=O)O)CCCC1.NCC(=O)O.NCCC(=O)O.O=C(O)C1CCNCC1.[CH2-][N+](C)(C)CC(=O)O. The van der Waals surface area contributed by atoms with Crippen LogP contribution in [0.1, 0.15) is 125 Å². The van der Waals surface area contributed by atoms with Crippen molar-refractivity contribution in [3.63, 3.8) is 0 Å². The predicted octanol–water partition coefficient (Wildman–Crippen LogP) is -1.41. The van der Waals surface area contributed by atoms with Crippen LogP contribution in [0, 0.1) is 18.9 Å². The number of hydrogen-bond acceptors (Lipinski definition) is 23. The first-order valence-corrected chi connectivity index (χ1v) is 28.5. The van der Waals surface area contributed by atoms with E-state index in [1.807, 2.05) is 7.05 Å². The summed E-state index contributed by atoms with van der Waals surface area (Å²) in [5.74, 6) is -10.1. The third-order valence-electron chi connectivity index (χ3n) is 12.2. The average molecular weight is 1360 g/mol. The molecule has 0 atom stereocenters. The van der Waals surface area contributed by atoms with E-state index in [1.54, 1.807) is 74.9 Å². The van der Waals surface area contributed by atoms with Crippen molar-refractivity contribution < 1.29 is 123 Å². The first kappa shape index (κ1) is 104. The Balaban J connectivity index is -0.000000117. The van der Waals surface area contributed by atoms with Crippen LogP contribution < -0.4 is 50.4 Å². The lowest BCUT2D eigenvalue weighted by atomic mass is 9.95. The molecule has 37 heteroatoms. The Morgan fingerprint density at radius 3 is 1.07 bits per heavy atom. The molecule has 4 aliphatic rings. The van der Waals surface area contributed by atoms with E-state index in [0.29, 0.717) is 38.5 Å². The van der Waals surface area contributed by atoms with Gasteiger partial charge in [-0.25, -0.2) is 4.79 Å². The molecular weight excluding hydrogens is 1250 g/mol. The minimum absolute atomic E-state index is 0. The molecule has 0 aromatic carbocycles. The lowest BCUT2D eigenvalue weighted by Gasteiger charge is -2.29. The van der Waals surface area contributed by atoms with Gasteiger partial charge in [0.2, 0.25) is 0 Å². The van der Waals surface area contributed by atoms with Crippen LogP contribution in [0.4, 0.5) is 0 Å². The number of carbonyl (C=O) groups is 12. The van der Waals surface area contributed by atoms with Gasteiger partial charge >= 0.3 is 71.6 Å². The van der Waals surface area contributed by atoms with Crippen LogP contribution in [0.3, 0.4) is 0 Å². The fourth-order valence-electron chi connectivity index (χ4n) is 5.46. The number of carboxylic acid groups (broad SMARTS) is 12. The maximum absolute atomic E-state index is 10.4. The molecule has 2 heterocycles. The van der Waals surface area contributed by atoms with Gasteiger partial charge in [0.25, 0.3) is 0 Å². The Labute approximate surface area is 545 Å². The molecule has 27 N–H and O–H groups in total. The van der Waals surface area contributed by atoms with Crippen LogP contribution >= 0.6 is 12.4 Å². The number of nitrogens with zero attached hydrogens (tertiary/aromatic N) is 3. The number of hydrogen-bond donors (Lipinski definition) is 21. The highest BCUT2D eigenvalue weighted by molar-refractivity contribution is 5.85. The smallest absolute Gasteiger partial charge is 0.356 e. The van der Waals surface area contributed by atoms with E-state index in [4.69, 9.17) is 89.9 Å². The van der Waals surface area contributed by atoms with Crippen molar-refractivity contribution in [2.75, 3.05) is 108 Å². The fourth-order valence-corrected chi connectivity index (χ4v) is 5.46. The molecule has 0 radical (unpaired) electrons. The minimum Gasteiger partial charge on any atom is -0.481 e. The van der Waals surface area contributed by atoms with Crippen molar-refractivity contribution in [2.24, 2.45) is 46.2 Å². The third-order valence-corrected chi connectivity index (χ3v) is 12.2. The van der Waals surface area contributed by atoms with E-state index in [1.165, 1.54) is 13.8 Å². The summed E-state index contributed by atoms with van der Waals surface area (Å²) in [4.78, 5) is 123. The van der Waals surface area contributed by atoms with Crippen molar-refractivity contribution in [3.05, 3.63) is 7.05 Å². The van der Waals surface area contributed by atoms with Crippen LogP contribution in [-0.4, -0.2) is 283 Å². The number of halogens is 1. The van der Waals surface area contributed by atoms with E-state index in [-0.39, 0.29) is 67.9 Å². The van der Waals surface area contributed by atoms with Gasteiger partial charge in [-0.3, -0.25) is 57.6 Å². The van der Waals surface area contributed by atoms with Crippen molar-refractivity contribution in [1.29, 1.82) is 0 Å². The molecule has 546 valence electrons. The highest BCUT2D eigenvalue weighted by Crippen LogP contribution is 2.31. The quantitative estimate of drug-likeness (QED) is 0.0522. The first-order chi connectivity index (χ1) is 41.2.